The predicted octanol–water partition coefficient (Wildman–Crippen LogP) is 2.89. The van der Waals surface area contributed by atoms with Gasteiger partial charge in [0.1, 0.15) is 0 Å². The van der Waals surface area contributed by atoms with E-state index < -0.39 is 4.92 Å². The van der Waals surface area contributed by atoms with E-state index in [1.54, 1.807) is 24.3 Å². The average Bonchev–Trinajstić information content (AvgIpc) is 2.78. The molecule has 2 aromatic rings. The van der Waals surface area contributed by atoms with Crippen molar-refractivity contribution in [1.29, 1.82) is 0 Å². The Hall–Kier alpha value is -2.01. The zero-order valence-electron chi connectivity index (χ0n) is 8.12. The number of nitrogens with zero attached hydrogens (tertiary/aromatic N) is 1. The molecule has 0 saturated heterocycles. The van der Waals surface area contributed by atoms with Crippen LogP contribution < -0.4 is 0 Å². The van der Waals surface area contributed by atoms with Gasteiger partial charge >= 0.3 is 0 Å². The molecule has 0 saturated carbocycles. The van der Waals surface area contributed by atoms with Crippen molar-refractivity contribution in [3.05, 3.63) is 62.3 Å². The molecule has 2 rings (SSSR count). The number of nitro groups is 1. The zero-order valence-corrected chi connectivity index (χ0v) is 8.94. The van der Waals surface area contributed by atoms with Crippen molar-refractivity contribution >= 4 is 22.8 Å². The molecule has 1 aromatic carbocycles. The van der Waals surface area contributed by atoms with Crippen molar-refractivity contribution in [2.75, 3.05) is 0 Å². The van der Waals surface area contributed by atoms with Gasteiger partial charge in [0.25, 0.3) is 5.69 Å². The summed E-state index contributed by atoms with van der Waals surface area (Å²) in [6.45, 7) is 0. The third kappa shape index (κ3) is 1.99. The maximum absolute atomic E-state index is 11.9. The predicted molar refractivity (Wildman–Crippen MR) is 60.8 cm³/mol. The summed E-state index contributed by atoms with van der Waals surface area (Å²) in [7, 11) is 0. The van der Waals surface area contributed by atoms with Crippen LogP contribution >= 0.6 is 11.3 Å². The van der Waals surface area contributed by atoms with E-state index in [1.807, 2.05) is 6.07 Å². The van der Waals surface area contributed by atoms with Gasteiger partial charge in [-0.25, -0.2) is 0 Å². The van der Waals surface area contributed by atoms with Crippen molar-refractivity contribution in [3.63, 3.8) is 0 Å². The molecule has 1 heterocycles. The van der Waals surface area contributed by atoms with Crippen molar-refractivity contribution < 1.29 is 9.72 Å². The van der Waals surface area contributed by atoms with E-state index >= 15 is 0 Å². The van der Waals surface area contributed by atoms with Crippen molar-refractivity contribution in [2.45, 2.75) is 0 Å². The normalized spacial score (nSPS) is 10.0. The van der Waals surface area contributed by atoms with Crippen LogP contribution in [0.1, 0.15) is 15.2 Å². The molecular weight excluding hydrogens is 226 g/mol. The Morgan fingerprint density at radius 1 is 1.25 bits per heavy atom. The molecule has 0 bridgehead atoms. The van der Waals surface area contributed by atoms with Gasteiger partial charge in [0, 0.05) is 11.6 Å². The minimum atomic E-state index is -0.502. The van der Waals surface area contributed by atoms with Gasteiger partial charge in [-0.05, 0) is 0 Å². The van der Waals surface area contributed by atoms with Gasteiger partial charge in [0.15, 0.2) is 0 Å². The first-order valence-corrected chi connectivity index (χ1v) is 5.39. The minimum Gasteiger partial charge on any atom is -0.288 e. The van der Waals surface area contributed by atoms with E-state index in [1.165, 1.54) is 11.4 Å². The minimum absolute atomic E-state index is 0.0377. The molecule has 0 fully saturated rings. The second kappa shape index (κ2) is 4.24. The van der Waals surface area contributed by atoms with Crippen LogP contribution in [0.15, 0.2) is 41.8 Å². The molecule has 0 radical (unpaired) electrons. The summed E-state index contributed by atoms with van der Waals surface area (Å²) in [6, 6.07) is 10.0. The summed E-state index contributed by atoms with van der Waals surface area (Å²) in [6.07, 6.45) is 0. The van der Waals surface area contributed by atoms with Crippen molar-refractivity contribution in [2.24, 2.45) is 0 Å². The molecular formula is C11H7NO3S. The number of benzene rings is 1. The maximum atomic E-state index is 11.9. The third-order valence-electron chi connectivity index (χ3n) is 2.06. The lowest BCUT2D eigenvalue weighted by atomic mass is 10.1. The number of hydrogen-bond donors (Lipinski definition) is 0. The highest BCUT2D eigenvalue weighted by Gasteiger charge is 2.15. The highest BCUT2D eigenvalue weighted by Crippen LogP contribution is 2.23. The van der Waals surface area contributed by atoms with E-state index in [2.05, 4.69) is 0 Å². The van der Waals surface area contributed by atoms with Crippen LogP contribution in [-0.2, 0) is 0 Å². The van der Waals surface area contributed by atoms with E-state index in [0.29, 0.717) is 10.4 Å². The number of hydrogen-bond acceptors (Lipinski definition) is 4. The fourth-order valence-electron chi connectivity index (χ4n) is 1.27. The lowest BCUT2D eigenvalue weighted by Crippen LogP contribution is -1.97. The fraction of sp³-hybridized carbons (Fsp3) is 0. The van der Waals surface area contributed by atoms with Gasteiger partial charge in [-0.3, -0.25) is 14.9 Å². The Bertz CT molecular complexity index is 533. The first kappa shape index (κ1) is 10.5. The zero-order chi connectivity index (χ0) is 11.5. The molecule has 80 valence electrons. The Labute approximate surface area is 95.3 Å². The topological polar surface area (TPSA) is 60.2 Å². The number of carbonyl (C=O) groups is 1. The first-order chi connectivity index (χ1) is 7.68. The molecule has 4 nitrogen and oxygen atoms in total. The van der Waals surface area contributed by atoms with E-state index in [4.69, 9.17) is 0 Å². The quantitative estimate of drug-likeness (QED) is 0.465. The summed E-state index contributed by atoms with van der Waals surface area (Å²) < 4.78 is 0. The lowest BCUT2D eigenvalue weighted by Gasteiger charge is -1.95. The van der Waals surface area contributed by atoms with Crippen LogP contribution in [0.25, 0.3) is 0 Å². The first-order valence-electron chi connectivity index (χ1n) is 4.51. The van der Waals surface area contributed by atoms with Gasteiger partial charge in [-0.15, -0.1) is 11.3 Å². The highest BCUT2D eigenvalue weighted by molar-refractivity contribution is 7.12. The van der Waals surface area contributed by atoms with Gasteiger partial charge in [-0.1, -0.05) is 30.3 Å². The molecule has 0 aliphatic carbocycles. The average molecular weight is 233 g/mol. The van der Waals surface area contributed by atoms with Gasteiger partial charge in [0.2, 0.25) is 5.78 Å². The SMILES string of the molecule is O=C(c1ccccc1)c1cc([N+](=O)[O-])cs1. The number of carbonyl (C=O) groups excluding carboxylic acids is 1. The Kier molecular flexibility index (Phi) is 2.78. The van der Waals surface area contributed by atoms with Crippen LogP contribution in [0.2, 0.25) is 0 Å². The molecule has 0 aliphatic rings. The molecule has 16 heavy (non-hydrogen) atoms. The molecule has 0 amide bonds. The van der Waals surface area contributed by atoms with Crippen LogP contribution in [0.3, 0.4) is 0 Å². The number of thiophene rings is 1. The van der Waals surface area contributed by atoms with Crippen molar-refractivity contribution in [1.82, 2.24) is 0 Å². The number of rotatable bonds is 3. The smallest absolute Gasteiger partial charge is 0.280 e. The maximum Gasteiger partial charge on any atom is 0.280 e. The van der Waals surface area contributed by atoms with Crippen LogP contribution in [0.5, 0.6) is 0 Å². The van der Waals surface area contributed by atoms with Crippen LogP contribution in [0.4, 0.5) is 5.69 Å². The van der Waals surface area contributed by atoms with Crippen LogP contribution in [-0.4, -0.2) is 10.7 Å². The summed E-state index contributed by atoms with van der Waals surface area (Å²) >= 11 is 1.09. The second-order valence-electron chi connectivity index (χ2n) is 3.12. The van der Waals surface area contributed by atoms with E-state index in [0.717, 1.165) is 11.3 Å². The summed E-state index contributed by atoms with van der Waals surface area (Å²) in [5, 5.41) is 11.8. The molecule has 1 aromatic heterocycles. The van der Waals surface area contributed by atoms with Crippen molar-refractivity contribution in [3.8, 4) is 0 Å². The Morgan fingerprint density at radius 3 is 2.50 bits per heavy atom. The van der Waals surface area contributed by atoms with Gasteiger partial charge in [-0.2, -0.15) is 0 Å². The summed E-state index contributed by atoms with van der Waals surface area (Å²) in [5.41, 5.74) is 0.503. The Morgan fingerprint density at radius 2 is 1.94 bits per heavy atom. The second-order valence-corrected chi connectivity index (χ2v) is 4.03. The van der Waals surface area contributed by atoms with Gasteiger partial charge in [0.05, 0.1) is 15.2 Å². The molecule has 0 aliphatic heterocycles. The van der Waals surface area contributed by atoms with E-state index in [9.17, 15) is 14.9 Å². The molecule has 5 heteroatoms. The fourth-order valence-corrected chi connectivity index (χ4v) is 2.09. The van der Waals surface area contributed by atoms with E-state index in [-0.39, 0.29) is 11.5 Å². The van der Waals surface area contributed by atoms with Gasteiger partial charge < -0.3 is 0 Å². The molecule has 0 spiro atoms. The standard InChI is InChI=1S/C11H7NO3S/c13-11(8-4-2-1-3-5-8)10-6-9(7-16-10)12(14)15/h1-7H. The summed E-state index contributed by atoms with van der Waals surface area (Å²) in [4.78, 5) is 22.2. The monoisotopic (exact) mass is 233 g/mol. The molecule has 0 unspecified atom stereocenters. The number of ketones is 1. The molecule has 0 atom stereocenters. The third-order valence-corrected chi connectivity index (χ3v) is 2.97. The largest absolute Gasteiger partial charge is 0.288 e. The van der Waals surface area contributed by atoms with Crippen LogP contribution in [0, 0.1) is 10.1 Å². The molecule has 0 N–H and O–H groups in total. The lowest BCUT2D eigenvalue weighted by molar-refractivity contribution is -0.384. The summed E-state index contributed by atoms with van der Waals surface area (Å²) in [5.74, 6) is -0.182. The highest BCUT2D eigenvalue weighted by atomic mass is 32.1. The Balaban J connectivity index is 2.31.